The molecule has 3 rings (SSSR count). The minimum Gasteiger partial charge on any atom is -0.390 e. The van der Waals surface area contributed by atoms with Gasteiger partial charge in [0, 0.05) is 16.6 Å². The molecule has 1 aliphatic rings. The van der Waals surface area contributed by atoms with E-state index in [1.54, 1.807) is 11.3 Å². The number of nitrogen functional groups attached to an aromatic ring is 1. The van der Waals surface area contributed by atoms with Crippen molar-refractivity contribution >= 4 is 16.3 Å². The minimum atomic E-state index is 0.940. The molecule has 2 nitrogen and oxygen atoms in total. The van der Waals surface area contributed by atoms with E-state index in [-0.39, 0.29) is 0 Å². The third-order valence-electron chi connectivity index (χ3n) is 3.37. The van der Waals surface area contributed by atoms with Gasteiger partial charge in [-0.3, -0.25) is 4.98 Å². The molecule has 0 aromatic carbocycles. The number of aryl methyl sites for hydroxylation is 1. The molecule has 0 spiro atoms. The predicted octanol–water partition coefficient (Wildman–Crippen LogP) is 3.66. The standard InChI is InChI=1S/C14H16N2S/c15-14-13(11-7-4-5-9-16-11)10-6-2-1-3-8-12(10)17-14/h4-5,7,9H,1-3,6,8,15H2. The summed E-state index contributed by atoms with van der Waals surface area (Å²) in [6.45, 7) is 0. The summed E-state index contributed by atoms with van der Waals surface area (Å²) < 4.78 is 0. The molecule has 0 bridgehead atoms. The fourth-order valence-corrected chi connectivity index (χ4v) is 3.72. The number of hydrogen-bond donors (Lipinski definition) is 1. The summed E-state index contributed by atoms with van der Waals surface area (Å²) in [4.78, 5) is 5.93. The Balaban J connectivity index is 2.13. The van der Waals surface area contributed by atoms with E-state index in [1.807, 2.05) is 18.3 Å². The molecule has 2 aromatic rings. The molecule has 2 N–H and O–H groups in total. The zero-order valence-corrected chi connectivity index (χ0v) is 10.6. The molecule has 0 saturated carbocycles. The molecule has 1 aliphatic carbocycles. The van der Waals surface area contributed by atoms with Gasteiger partial charge in [0.05, 0.1) is 10.7 Å². The first-order chi connectivity index (χ1) is 8.36. The van der Waals surface area contributed by atoms with Crippen LogP contribution in [0.3, 0.4) is 0 Å². The highest BCUT2D eigenvalue weighted by molar-refractivity contribution is 7.16. The van der Waals surface area contributed by atoms with Crippen molar-refractivity contribution in [3.05, 3.63) is 34.8 Å². The summed E-state index contributed by atoms with van der Waals surface area (Å²) in [5, 5.41) is 0.940. The van der Waals surface area contributed by atoms with Gasteiger partial charge in [-0.05, 0) is 43.4 Å². The van der Waals surface area contributed by atoms with E-state index in [0.29, 0.717) is 0 Å². The molecule has 2 heterocycles. The van der Waals surface area contributed by atoms with E-state index in [4.69, 9.17) is 5.73 Å². The van der Waals surface area contributed by atoms with Crippen molar-refractivity contribution in [3.63, 3.8) is 0 Å². The smallest absolute Gasteiger partial charge is 0.0957 e. The van der Waals surface area contributed by atoms with Crippen molar-refractivity contribution in [1.29, 1.82) is 0 Å². The van der Waals surface area contributed by atoms with E-state index in [1.165, 1.54) is 41.7 Å². The van der Waals surface area contributed by atoms with Crippen LogP contribution >= 0.6 is 11.3 Å². The molecule has 17 heavy (non-hydrogen) atoms. The Morgan fingerprint density at radius 1 is 1.12 bits per heavy atom. The second-order valence-electron chi connectivity index (χ2n) is 4.52. The van der Waals surface area contributed by atoms with E-state index in [2.05, 4.69) is 11.1 Å². The number of aromatic nitrogens is 1. The lowest BCUT2D eigenvalue weighted by Crippen LogP contribution is -1.92. The van der Waals surface area contributed by atoms with E-state index in [9.17, 15) is 0 Å². The van der Waals surface area contributed by atoms with Crippen LogP contribution in [0.2, 0.25) is 0 Å². The number of rotatable bonds is 1. The minimum absolute atomic E-state index is 0.940. The monoisotopic (exact) mass is 244 g/mol. The van der Waals surface area contributed by atoms with Crippen LogP contribution in [0.5, 0.6) is 0 Å². The van der Waals surface area contributed by atoms with Gasteiger partial charge < -0.3 is 5.73 Å². The van der Waals surface area contributed by atoms with E-state index < -0.39 is 0 Å². The summed E-state index contributed by atoms with van der Waals surface area (Å²) in [5.41, 5.74) is 9.88. The Morgan fingerprint density at radius 3 is 2.82 bits per heavy atom. The van der Waals surface area contributed by atoms with Crippen molar-refractivity contribution in [1.82, 2.24) is 4.98 Å². The number of thiophene rings is 1. The van der Waals surface area contributed by atoms with Gasteiger partial charge in [-0.25, -0.2) is 0 Å². The lowest BCUT2D eigenvalue weighted by molar-refractivity contribution is 0.713. The van der Waals surface area contributed by atoms with Gasteiger partial charge in [0.2, 0.25) is 0 Å². The van der Waals surface area contributed by atoms with Crippen molar-refractivity contribution < 1.29 is 0 Å². The average Bonchev–Trinajstić information content (AvgIpc) is 2.52. The highest BCUT2D eigenvalue weighted by atomic mass is 32.1. The highest BCUT2D eigenvalue weighted by Gasteiger charge is 2.19. The fourth-order valence-electron chi connectivity index (χ4n) is 2.56. The Kier molecular flexibility index (Phi) is 2.85. The second-order valence-corrected chi connectivity index (χ2v) is 5.66. The van der Waals surface area contributed by atoms with E-state index >= 15 is 0 Å². The topological polar surface area (TPSA) is 38.9 Å². The number of pyridine rings is 1. The van der Waals surface area contributed by atoms with Crippen LogP contribution in [0.1, 0.15) is 29.7 Å². The zero-order valence-electron chi connectivity index (χ0n) is 9.78. The molecule has 0 amide bonds. The highest BCUT2D eigenvalue weighted by Crippen LogP contribution is 2.40. The molecule has 2 aromatic heterocycles. The third kappa shape index (κ3) is 1.95. The van der Waals surface area contributed by atoms with Crippen molar-refractivity contribution in [2.45, 2.75) is 32.1 Å². The second kappa shape index (κ2) is 4.49. The first kappa shape index (κ1) is 10.8. The lowest BCUT2D eigenvalue weighted by Gasteiger charge is -2.04. The van der Waals surface area contributed by atoms with Crippen LogP contribution in [0.15, 0.2) is 24.4 Å². The van der Waals surface area contributed by atoms with Gasteiger partial charge in [0.1, 0.15) is 0 Å². The number of nitrogens with zero attached hydrogens (tertiary/aromatic N) is 1. The molecule has 88 valence electrons. The van der Waals surface area contributed by atoms with Gasteiger partial charge >= 0.3 is 0 Å². The van der Waals surface area contributed by atoms with Crippen LogP contribution in [-0.2, 0) is 12.8 Å². The SMILES string of the molecule is Nc1sc2c(c1-c1ccccn1)CCCCC2. The van der Waals surface area contributed by atoms with E-state index in [0.717, 1.165) is 17.1 Å². The van der Waals surface area contributed by atoms with Crippen LogP contribution in [0.4, 0.5) is 5.00 Å². The lowest BCUT2D eigenvalue weighted by atomic mass is 10.0. The molecule has 0 saturated heterocycles. The van der Waals surface area contributed by atoms with Crippen LogP contribution in [0.25, 0.3) is 11.3 Å². The summed E-state index contributed by atoms with van der Waals surface area (Å²) in [5.74, 6) is 0. The normalized spacial score (nSPS) is 15.3. The maximum Gasteiger partial charge on any atom is 0.0957 e. The summed E-state index contributed by atoms with van der Waals surface area (Å²) in [7, 11) is 0. The average molecular weight is 244 g/mol. The van der Waals surface area contributed by atoms with Crippen molar-refractivity contribution in [2.75, 3.05) is 5.73 Å². The summed E-state index contributed by atoms with van der Waals surface area (Å²) in [6, 6.07) is 6.04. The third-order valence-corrected chi connectivity index (χ3v) is 4.49. The molecule has 0 aliphatic heterocycles. The Bertz CT molecular complexity index is 517. The molecule has 0 radical (unpaired) electrons. The van der Waals surface area contributed by atoms with Crippen molar-refractivity contribution in [3.8, 4) is 11.3 Å². The van der Waals surface area contributed by atoms with Crippen LogP contribution in [0, 0.1) is 0 Å². The Morgan fingerprint density at radius 2 is 2.00 bits per heavy atom. The summed E-state index contributed by atoms with van der Waals surface area (Å²) >= 11 is 1.76. The zero-order chi connectivity index (χ0) is 11.7. The molecular weight excluding hydrogens is 228 g/mol. The first-order valence-corrected chi connectivity index (χ1v) is 6.99. The quantitative estimate of drug-likeness (QED) is 0.777. The fraction of sp³-hybridized carbons (Fsp3) is 0.357. The number of nitrogens with two attached hydrogens (primary N) is 1. The molecule has 0 unspecified atom stereocenters. The van der Waals surface area contributed by atoms with Gasteiger partial charge in [-0.15, -0.1) is 11.3 Å². The van der Waals surface area contributed by atoms with Crippen LogP contribution < -0.4 is 5.73 Å². The van der Waals surface area contributed by atoms with Gasteiger partial charge in [0.15, 0.2) is 0 Å². The van der Waals surface area contributed by atoms with Crippen molar-refractivity contribution in [2.24, 2.45) is 0 Å². The van der Waals surface area contributed by atoms with Crippen LogP contribution in [-0.4, -0.2) is 4.98 Å². The predicted molar refractivity (Wildman–Crippen MR) is 73.2 cm³/mol. The molecule has 0 atom stereocenters. The molecule has 3 heteroatoms. The Hall–Kier alpha value is -1.35. The molecular formula is C14H16N2S. The van der Waals surface area contributed by atoms with Gasteiger partial charge in [0.25, 0.3) is 0 Å². The maximum atomic E-state index is 6.18. The number of fused-ring (bicyclic) bond motifs is 1. The molecule has 0 fully saturated rings. The Labute approximate surface area is 106 Å². The summed E-state index contributed by atoms with van der Waals surface area (Å²) in [6.07, 6.45) is 8.11. The van der Waals surface area contributed by atoms with Gasteiger partial charge in [-0.1, -0.05) is 12.5 Å². The number of anilines is 1. The number of hydrogen-bond acceptors (Lipinski definition) is 3. The van der Waals surface area contributed by atoms with Gasteiger partial charge in [-0.2, -0.15) is 0 Å². The first-order valence-electron chi connectivity index (χ1n) is 6.17. The largest absolute Gasteiger partial charge is 0.390 e. The maximum absolute atomic E-state index is 6.18.